The van der Waals surface area contributed by atoms with Gasteiger partial charge in [0.05, 0.1) is 24.9 Å². The minimum atomic E-state index is -2.28. The fourth-order valence-electron chi connectivity index (χ4n) is 11.6. The van der Waals surface area contributed by atoms with Gasteiger partial charge in [0.1, 0.15) is 36.3 Å². The predicted octanol–water partition coefficient (Wildman–Crippen LogP) is 12.3. The van der Waals surface area contributed by atoms with Crippen LogP contribution in [0.3, 0.4) is 0 Å². The summed E-state index contributed by atoms with van der Waals surface area (Å²) in [4.78, 5) is 34.5. The molecule has 0 radical (unpaired) electrons. The third kappa shape index (κ3) is 10.6. The molecule has 68 heavy (non-hydrogen) atoms. The topological polar surface area (TPSA) is 93.2 Å². The number of piperidine rings is 1. The summed E-state index contributed by atoms with van der Waals surface area (Å²) in [6.07, 6.45) is 4.98. The number of hydrogen-bond donors (Lipinski definition) is 0. The van der Waals surface area contributed by atoms with E-state index in [1.165, 1.54) is 12.5 Å². The summed E-state index contributed by atoms with van der Waals surface area (Å²) in [7, 11) is -3.57. The molecule has 2 unspecified atom stereocenters. The zero-order chi connectivity index (χ0) is 48.9. The quantitative estimate of drug-likeness (QED) is 0.0853. The van der Waals surface area contributed by atoms with E-state index in [1.807, 2.05) is 37.8 Å². The van der Waals surface area contributed by atoms with E-state index in [9.17, 15) is 4.79 Å². The van der Waals surface area contributed by atoms with Crippen molar-refractivity contribution in [2.24, 2.45) is 17.3 Å². The molecule has 2 aromatic carbocycles. The average Bonchev–Trinajstić information content (AvgIpc) is 3.95. The summed E-state index contributed by atoms with van der Waals surface area (Å²) >= 11 is 0. The summed E-state index contributed by atoms with van der Waals surface area (Å²) in [5.41, 5.74) is 6.36. The lowest BCUT2D eigenvalue weighted by Gasteiger charge is -2.38. The van der Waals surface area contributed by atoms with Crippen LogP contribution >= 0.6 is 0 Å². The molecule has 4 aromatic rings. The van der Waals surface area contributed by atoms with Crippen molar-refractivity contribution >= 4 is 49.7 Å². The van der Waals surface area contributed by atoms with Crippen LogP contribution < -0.4 is 14.4 Å². The Balaban J connectivity index is 1.18. The lowest BCUT2D eigenvalue weighted by molar-refractivity contribution is 0.0681. The average molecular weight is 967 g/mol. The molecular formula is C54H76F2N6O4Si2. The summed E-state index contributed by atoms with van der Waals surface area (Å²) < 4.78 is 53.4. The maximum atomic E-state index is 18.1. The number of halogens is 2. The molecule has 4 heterocycles. The van der Waals surface area contributed by atoms with Gasteiger partial charge in [0, 0.05) is 70.3 Å². The number of aromatic nitrogens is 3. The van der Waals surface area contributed by atoms with Crippen molar-refractivity contribution in [3.05, 3.63) is 47.0 Å². The molecule has 4 aliphatic rings. The second kappa shape index (κ2) is 19.8. The Morgan fingerprint density at radius 3 is 2.15 bits per heavy atom. The molecule has 4 fully saturated rings. The first-order valence-corrected chi connectivity index (χ1v) is 31.5. The lowest BCUT2D eigenvalue weighted by atomic mass is 9.94. The Labute approximate surface area is 406 Å². The van der Waals surface area contributed by atoms with E-state index in [0.29, 0.717) is 76.9 Å². The van der Waals surface area contributed by atoms with Gasteiger partial charge in [-0.15, -0.1) is 5.54 Å². The molecule has 0 spiro atoms. The monoisotopic (exact) mass is 967 g/mol. The number of benzene rings is 2. The molecule has 10 nitrogen and oxygen atoms in total. The van der Waals surface area contributed by atoms with Crippen molar-refractivity contribution < 1.29 is 27.8 Å². The molecule has 1 amide bonds. The van der Waals surface area contributed by atoms with Crippen LogP contribution in [0.2, 0.25) is 42.3 Å². The van der Waals surface area contributed by atoms with Gasteiger partial charge < -0.3 is 24.0 Å². The van der Waals surface area contributed by atoms with E-state index >= 15 is 8.78 Å². The number of anilines is 1. The molecule has 14 heteroatoms. The third-order valence-corrected chi connectivity index (χ3v) is 23.4. The van der Waals surface area contributed by atoms with Crippen molar-refractivity contribution in [2.75, 3.05) is 63.9 Å². The molecule has 2 bridgehead atoms. The van der Waals surface area contributed by atoms with Crippen molar-refractivity contribution in [2.45, 2.75) is 143 Å². The molecule has 368 valence electrons. The molecule has 2 saturated carbocycles. The van der Waals surface area contributed by atoms with Gasteiger partial charge in [0.2, 0.25) is 5.88 Å². The smallest absolute Gasteiger partial charge is 0.409 e. The molecule has 8 rings (SSSR count). The highest BCUT2D eigenvalue weighted by molar-refractivity contribution is 6.90. The van der Waals surface area contributed by atoms with Gasteiger partial charge in [-0.3, -0.25) is 4.90 Å². The second-order valence-corrected chi connectivity index (χ2v) is 34.4. The van der Waals surface area contributed by atoms with Crippen LogP contribution in [-0.4, -0.2) is 112 Å². The fourth-order valence-corrected chi connectivity index (χ4v) is 17.5. The maximum Gasteiger partial charge on any atom is 0.409 e. The van der Waals surface area contributed by atoms with E-state index in [-0.39, 0.29) is 46.3 Å². The number of rotatable bonds is 15. The van der Waals surface area contributed by atoms with E-state index in [2.05, 4.69) is 82.4 Å². The van der Waals surface area contributed by atoms with Crippen molar-refractivity contribution in [3.63, 3.8) is 0 Å². The number of carbonyl (C=O) groups excluding carboxylic acids is 1. The van der Waals surface area contributed by atoms with Crippen LogP contribution in [0.4, 0.5) is 19.4 Å². The maximum absolute atomic E-state index is 18.1. The number of fused-ring (bicyclic) bond motifs is 4. The highest BCUT2D eigenvalue weighted by Gasteiger charge is 2.46. The third-order valence-electron chi connectivity index (χ3n) is 15.4. The van der Waals surface area contributed by atoms with Gasteiger partial charge in [0.25, 0.3) is 0 Å². The van der Waals surface area contributed by atoms with Crippen molar-refractivity contribution in [3.8, 4) is 34.6 Å². The normalized spacial score (nSPS) is 19.7. The summed E-state index contributed by atoms with van der Waals surface area (Å²) in [6, 6.07) is 8.20. The molecule has 2 aliphatic carbocycles. The van der Waals surface area contributed by atoms with Crippen LogP contribution in [0.5, 0.6) is 11.9 Å². The number of aryl methyl sites for hydroxylation is 1. The van der Waals surface area contributed by atoms with Gasteiger partial charge in [-0.2, -0.15) is 9.97 Å². The van der Waals surface area contributed by atoms with E-state index in [1.54, 1.807) is 6.07 Å². The van der Waals surface area contributed by atoms with Crippen LogP contribution in [0.1, 0.15) is 98.6 Å². The second-order valence-electron chi connectivity index (χ2n) is 23.2. The number of piperazine rings is 1. The SMILES string of the molecule is Cc1cc(-c2nc(OC(C)C)c3c(N4CC5CCC(C5)C4)nc(OCC4(CN5CCN(C(=O)OCC[Si](C)(C)C)CC5)CC4)nc3c2F)c2c(C#C[Si](C(C)C)(C(C)C)C(C)C)c(F)ccc2c1. The fraction of sp³-hybridized carbons (Fsp3) is 0.630. The Bertz CT molecular complexity index is 2540. The number of hydrogen-bond acceptors (Lipinski definition) is 9. The summed E-state index contributed by atoms with van der Waals surface area (Å²) in [6.45, 7) is 32.2. The minimum absolute atomic E-state index is 0.0302. The highest BCUT2D eigenvalue weighted by atomic mass is 28.3. The number of pyridine rings is 1. The first-order chi connectivity index (χ1) is 32.2. The van der Waals surface area contributed by atoms with Crippen LogP contribution in [0.25, 0.3) is 32.9 Å². The van der Waals surface area contributed by atoms with Crippen LogP contribution in [0.15, 0.2) is 24.3 Å². The number of carbonyl (C=O) groups is 1. The molecule has 2 saturated heterocycles. The first kappa shape index (κ1) is 50.1. The summed E-state index contributed by atoms with van der Waals surface area (Å²) in [5, 5.41) is 1.71. The Morgan fingerprint density at radius 2 is 1.54 bits per heavy atom. The van der Waals surface area contributed by atoms with Gasteiger partial charge in [0.15, 0.2) is 5.82 Å². The number of ether oxygens (including phenoxy) is 3. The van der Waals surface area contributed by atoms with Gasteiger partial charge in [-0.05, 0) is 110 Å². The number of nitrogens with zero attached hydrogens (tertiary/aromatic N) is 6. The zero-order valence-corrected chi connectivity index (χ0v) is 45.0. The largest absolute Gasteiger partial charge is 0.474 e. The van der Waals surface area contributed by atoms with Gasteiger partial charge in [-0.25, -0.2) is 18.6 Å². The first-order valence-electron chi connectivity index (χ1n) is 25.5. The van der Waals surface area contributed by atoms with Gasteiger partial charge in [-0.1, -0.05) is 79.2 Å². The predicted molar refractivity (Wildman–Crippen MR) is 276 cm³/mol. The lowest BCUT2D eigenvalue weighted by Crippen LogP contribution is -2.50. The van der Waals surface area contributed by atoms with Crippen LogP contribution in [-0.2, 0) is 4.74 Å². The highest BCUT2D eigenvalue weighted by Crippen LogP contribution is 2.48. The number of amides is 1. The molecular weight excluding hydrogens is 891 g/mol. The standard InChI is InChI=1S/C54H76F2N6O4Si2/c1-34(2)66-51-46-49(47(56)48(57-51)43-28-38(9)27-41-15-16-44(55)42(45(41)43)17-25-68(35(3)4,36(5)6)37(7)8)58-52(59-50(46)62-30-39-13-14-40(29-39)31-62)65-33-54(18-19-54)32-60-20-22-61(23-21-60)53(63)64-24-26-67(10,11)12/h15-16,27-28,34-37,39-40H,13-14,18-24,26,29-33H2,1-12H3. The van der Waals surface area contributed by atoms with E-state index in [0.717, 1.165) is 75.4 Å². The minimum Gasteiger partial charge on any atom is -0.474 e. The molecule has 0 N–H and O–H groups in total. The zero-order valence-electron chi connectivity index (χ0n) is 43.0. The Hall–Kier alpha value is -4.33. The van der Waals surface area contributed by atoms with Gasteiger partial charge >= 0.3 is 12.1 Å². The molecule has 2 aromatic heterocycles. The molecule has 2 atom stereocenters. The van der Waals surface area contributed by atoms with Crippen molar-refractivity contribution in [1.82, 2.24) is 24.8 Å². The van der Waals surface area contributed by atoms with E-state index < -0.39 is 27.8 Å². The Kier molecular flexibility index (Phi) is 14.6. The Morgan fingerprint density at radius 1 is 0.882 bits per heavy atom. The molecule has 2 aliphatic heterocycles. The van der Waals surface area contributed by atoms with Crippen molar-refractivity contribution in [1.29, 1.82) is 0 Å². The summed E-state index contributed by atoms with van der Waals surface area (Å²) in [5.74, 6) is 4.20. The van der Waals surface area contributed by atoms with E-state index in [4.69, 9.17) is 29.2 Å². The van der Waals surface area contributed by atoms with Crippen LogP contribution in [0, 0.1) is 47.3 Å².